The number of fused-ring (bicyclic) bond motifs is 1. The van der Waals surface area contributed by atoms with Crippen LogP contribution in [0.5, 0.6) is 0 Å². The van der Waals surface area contributed by atoms with Crippen molar-refractivity contribution in [3.05, 3.63) is 35.9 Å². The molecular formula is C14H18N2. The molecule has 0 aromatic heterocycles. The molecule has 0 radical (unpaired) electrons. The fraction of sp³-hybridized carbons (Fsp3) is 0.571. The van der Waals surface area contributed by atoms with Gasteiger partial charge in [-0.1, -0.05) is 30.3 Å². The van der Waals surface area contributed by atoms with E-state index in [1.807, 2.05) is 0 Å². The van der Waals surface area contributed by atoms with E-state index < -0.39 is 0 Å². The molecule has 84 valence electrons. The van der Waals surface area contributed by atoms with Gasteiger partial charge in [0.2, 0.25) is 0 Å². The molecule has 2 heterocycles. The molecule has 1 aromatic rings. The van der Waals surface area contributed by atoms with Gasteiger partial charge in [0.05, 0.1) is 0 Å². The van der Waals surface area contributed by atoms with Crippen molar-refractivity contribution in [2.45, 2.75) is 18.1 Å². The van der Waals surface area contributed by atoms with Crippen LogP contribution in [0.25, 0.3) is 0 Å². The van der Waals surface area contributed by atoms with Crippen molar-refractivity contribution in [3.63, 3.8) is 0 Å². The minimum atomic E-state index is 0.606. The van der Waals surface area contributed by atoms with Crippen LogP contribution in [0.4, 0.5) is 0 Å². The van der Waals surface area contributed by atoms with Gasteiger partial charge in [0.15, 0.2) is 0 Å². The average Bonchev–Trinajstić information content (AvgIpc) is 3.04. The zero-order valence-electron chi connectivity index (χ0n) is 9.93. The summed E-state index contributed by atoms with van der Waals surface area (Å²) in [4.78, 5) is 5.16. The maximum atomic E-state index is 2.69. The fourth-order valence-corrected chi connectivity index (χ4v) is 4.24. The van der Waals surface area contributed by atoms with Crippen molar-refractivity contribution in [3.8, 4) is 0 Å². The molecule has 1 aromatic carbocycles. The predicted octanol–water partition coefficient (Wildman–Crippen LogP) is 1.43. The van der Waals surface area contributed by atoms with Gasteiger partial charge in [0.25, 0.3) is 0 Å². The molecule has 2 saturated heterocycles. The number of hydrogen-bond acceptors (Lipinski definition) is 2. The monoisotopic (exact) mass is 214 g/mol. The molecule has 2 aliphatic carbocycles. The first-order chi connectivity index (χ1) is 7.76. The Labute approximate surface area is 96.9 Å². The standard InChI is InChI=1S/C14H18N2/c1-15(2)14-11-9-16(13(14)12(11)14)8-10-6-4-3-5-7-10/h3-7,11-13H,8-9H2,1-2H3. The zero-order valence-corrected chi connectivity index (χ0v) is 9.93. The highest BCUT2D eigenvalue weighted by Crippen LogP contribution is 2.80. The molecule has 2 nitrogen and oxygen atoms in total. The molecule has 0 N–H and O–H groups in total. The number of piperidine rings is 1. The highest BCUT2D eigenvalue weighted by atomic mass is 15.5. The summed E-state index contributed by atoms with van der Waals surface area (Å²) in [5.41, 5.74) is 2.07. The van der Waals surface area contributed by atoms with Crippen LogP contribution >= 0.6 is 0 Å². The summed E-state index contributed by atoms with van der Waals surface area (Å²) in [7, 11) is 4.50. The van der Waals surface area contributed by atoms with Crippen molar-refractivity contribution >= 4 is 0 Å². The Balaban J connectivity index is 1.50. The van der Waals surface area contributed by atoms with Crippen LogP contribution < -0.4 is 0 Å². The van der Waals surface area contributed by atoms with E-state index in [1.54, 1.807) is 0 Å². The van der Waals surface area contributed by atoms with Gasteiger partial charge in [0, 0.05) is 30.6 Å². The van der Waals surface area contributed by atoms with E-state index in [-0.39, 0.29) is 0 Å². The molecule has 4 unspecified atom stereocenters. The Kier molecular flexibility index (Phi) is 1.55. The summed E-state index contributed by atoms with van der Waals surface area (Å²) < 4.78 is 0. The number of nitrogens with zero attached hydrogens (tertiary/aromatic N) is 2. The summed E-state index contributed by atoms with van der Waals surface area (Å²) in [6.45, 7) is 2.47. The molecule has 5 rings (SSSR count). The maximum absolute atomic E-state index is 2.69. The molecule has 0 amide bonds. The molecule has 4 atom stereocenters. The van der Waals surface area contributed by atoms with E-state index in [4.69, 9.17) is 0 Å². The molecule has 0 spiro atoms. The van der Waals surface area contributed by atoms with Gasteiger partial charge in [-0.25, -0.2) is 0 Å². The molecule has 2 bridgehead atoms. The van der Waals surface area contributed by atoms with Gasteiger partial charge in [-0.2, -0.15) is 0 Å². The highest BCUT2D eigenvalue weighted by Gasteiger charge is 2.93. The lowest BCUT2D eigenvalue weighted by molar-refractivity contribution is 0.256. The van der Waals surface area contributed by atoms with Gasteiger partial charge >= 0.3 is 0 Å². The van der Waals surface area contributed by atoms with Gasteiger partial charge in [-0.05, 0) is 25.6 Å². The Bertz CT molecular complexity index is 422. The quantitative estimate of drug-likeness (QED) is 0.751. The fourth-order valence-electron chi connectivity index (χ4n) is 4.24. The lowest BCUT2D eigenvalue weighted by Crippen LogP contribution is -2.32. The second kappa shape index (κ2) is 2.69. The number of benzene rings is 1. The van der Waals surface area contributed by atoms with E-state index in [1.165, 1.54) is 12.1 Å². The second-order valence-corrected chi connectivity index (χ2v) is 5.77. The SMILES string of the molecule is CN(C)C12C3CN(Cc4ccccc4)C1C32. The third kappa shape index (κ3) is 0.871. The first-order valence-electron chi connectivity index (χ1n) is 6.21. The van der Waals surface area contributed by atoms with Crippen molar-refractivity contribution in [2.24, 2.45) is 11.8 Å². The smallest absolute Gasteiger partial charge is 0.0454 e. The first-order valence-corrected chi connectivity index (χ1v) is 6.21. The lowest BCUT2D eigenvalue weighted by Gasteiger charge is -2.20. The first kappa shape index (κ1) is 9.20. The third-order valence-electron chi connectivity index (χ3n) is 4.98. The lowest BCUT2D eigenvalue weighted by atomic mass is 10.2. The van der Waals surface area contributed by atoms with Crippen LogP contribution in [0.2, 0.25) is 0 Å². The van der Waals surface area contributed by atoms with Crippen LogP contribution in [0.1, 0.15) is 5.56 Å². The molecular weight excluding hydrogens is 196 g/mol. The Morgan fingerprint density at radius 2 is 2.06 bits per heavy atom. The molecule has 4 aliphatic rings. The van der Waals surface area contributed by atoms with Crippen molar-refractivity contribution < 1.29 is 0 Å². The number of hydrogen-bond donors (Lipinski definition) is 0. The van der Waals surface area contributed by atoms with Gasteiger partial charge in [-0.15, -0.1) is 0 Å². The molecule has 2 saturated carbocycles. The van der Waals surface area contributed by atoms with Crippen LogP contribution in [0, 0.1) is 11.8 Å². The highest BCUT2D eigenvalue weighted by molar-refractivity contribution is 5.48. The average molecular weight is 214 g/mol. The summed E-state index contributed by atoms with van der Waals surface area (Å²) in [5.74, 6) is 1.99. The Morgan fingerprint density at radius 1 is 1.31 bits per heavy atom. The van der Waals surface area contributed by atoms with E-state index in [2.05, 4.69) is 54.2 Å². The van der Waals surface area contributed by atoms with Crippen molar-refractivity contribution in [1.82, 2.24) is 9.80 Å². The zero-order chi connectivity index (χ0) is 10.9. The minimum Gasteiger partial charge on any atom is -0.301 e. The third-order valence-corrected chi connectivity index (χ3v) is 4.98. The van der Waals surface area contributed by atoms with E-state index in [0.717, 1.165) is 24.4 Å². The van der Waals surface area contributed by atoms with Crippen molar-refractivity contribution in [1.29, 1.82) is 0 Å². The van der Waals surface area contributed by atoms with Crippen LogP contribution in [-0.2, 0) is 6.54 Å². The molecule has 4 fully saturated rings. The van der Waals surface area contributed by atoms with Crippen molar-refractivity contribution in [2.75, 3.05) is 20.6 Å². The maximum Gasteiger partial charge on any atom is 0.0454 e. The van der Waals surface area contributed by atoms with Crippen LogP contribution in [-0.4, -0.2) is 42.0 Å². The normalized spacial score (nSPS) is 43.6. The van der Waals surface area contributed by atoms with E-state index in [0.29, 0.717) is 5.54 Å². The summed E-state index contributed by atoms with van der Waals surface area (Å²) >= 11 is 0. The molecule has 2 heteroatoms. The van der Waals surface area contributed by atoms with Gasteiger partial charge < -0.3 is 4.90 Å². The predicted molar refractivity (Wildman–Crippen MR) is 64.0 cm³/mol. The van der Waals surface area contributed by atoms with Crippen LogP contribution in [0.3, 0.4) is 0 Å². The topological polar surface area (TPSA) is 6.48 Å². The summed E-state index contributed by atoms with van der Waals surface area (Å²) in [6.07, 6.45) is 0. The van der Waals surface area contributed by atoms with E-state index in [9.17, 15) is 0 Å². The molecule has 2 aliphatic heterocycles. The van der Waals surface area contributed by atoms with Crippen LogP contribution in [0.15, 0.2) is 30.3 Å². The molecule has 16 heavy (non-hydrogen) atoms. The van der Waals surface area contributed by atoms with E-state index >= 15 is 0 Å². The minimum absolute atomic E-state index is 0.606. The Hall–Kier alpha value is -0.860. The number of likely N-dealkylation sites (N-methyl/N-ethyl adjacent to an activating group) is 1. The summed E-state index contributed by atoms with van der Waals surface area (Å²) in [6, 6.07) is 11.7. The summed E-state index contributed by atoms with van der Waals surface area (Å²) in [5, 5.41) is 0. The second-order valence-electron chi connectivity index (χ2n) is 5.77. The number of rotatable bonds is 3. The Morgan fingerprint density at radius 3 is 2.62 bits per heavy atom. The largest absolute Gasteiger partial charge is 0.301 e. The van der Waals surface area contributed by atoms with Gasteiger partial charge in [0.1, 0.15) is 0 Å². The van der Waals surface area contributed by atoms with Gasteiger partial charge in [-0.3, -0.25) is 4.90 Å².